The Kier molecular flexibility index (Phi) is 3.89. The van der Waals surface area contributed by atoms with Gasteiger partial charge in [-0.05, 0) is 34.5 Å². The second kappa shape index (κ2) is 6.15. The summed E-state index contributed by atoms with van der Waals surface area (Å²) in [5.41, 5.74) is 2.28. The van der Waals surface area contributed by atoms with E-state index >= 15 is 0 Å². The standard InChI is InChI=1S/C20H16O/c1-21-19-14-12-16(13-15-19)6-4-8-18-10-5-9-17-7-2-3-11-20(17)18/h2-3,5,7,9-15H,6H2,1H3. The zero-order chi connectivity index (χ0) is 14.5. The molecule has 0 fully saturated rings. The maximum atomic E-state index is 5.16. The van der Waals surface area contributed by atoms with Gasteiger partial charge in [-0.15, -0.1) is 0 Å². The lowest BCUT2D eigenvalue weighted by atomic mass is 10.0. The minimum atomic E-state index is 0.743. The molecule has 0 saturated carbocycles. The van der Waals surface area contributed by atoms with Crippen LogP contribution >= 0.6 is 0 Å². The summed E-state index contributed by atoms with van der Waals surface area (Å²) in [5.74, 6) is 7.42. The van der Waals surface area contributed by atoms with Gasteiger partial charge in [-0.2, -0.15) is 0 Å². The molecule has 0 heterocycles. The summed E-state index contributed by atoms with van der Waals surface area (Å²) in [6.45, 7) is 0. The van der Waals surface area contributed by atoms with Crippen molar-refractivity contribution in [3.63, 3.8) is 0 Å². The Morgan fingerprint density at radius 1 is 0.857 bits per heavy atom. The highest BCUT2D eigenvalue weighted by Gasteiger charge is 1.96. The molecule has 0 N–H and O–H groups in total. The number of hydrogen-bond acceptors (Lipinski definition) is 1. The molecule has 0 atom stereocenters. The van der Waals surface area contributed by atoms with Crippen LogP contribution < -0.4 is 4.74 Å². The summed E-state index contributed by atoms with van der Waals surface area (Å²) in [6.07, 6.45) is 0.743. The maximum Gasteiger partial charge on any atom is 0.118 e. The summed E-state index contributed by atoms with van der Waals surface area (Å²) in [5, 5.41) is 2.44. The Bertz CT molecular complexity index is 799. The van der Waals surface area contributed by atoms with Crippen molar-refractivity contribution in [1.29, 1.82) is 0 Å². The van der Waals surface area contributed by atoms with E-state index < -0.39 is 0 Å². The average Bonchev–Trinajstić information content (AvgIpc) is 2.56. The van der Waals surface area contributed by atoms with Gasteiger partial charge in [0.25, 0.3) is 0 Å². The molecule has 0 spiro atoms. The summed E-state index contributed by atoms with van der Waals surface area (Å²) in [7, 11) is 1.68. The molecule has 0 aliphatic carbocycles. The SMILES string of the molecule is COc1ccc(CC#Cc2cccc3ccccc23)cc1. The number of ether oxygens (including phenoxy) is 1. The summed E-state index contributed by atoms with van der Waals surface area (Å²) in [4.78, 5) is 0. The van der Waals surface area contributed by atoms with Gasteiger partial charge in [-0.1, -0.05) is 60.4 Å². The molecule has 1 nitrogen and oxygen atoms in total. The van der Waals surface area contributed by atoms with Crippen molar-refractivity contribution < 1.29 is 4.74 Å². The molecule has 0 aromatic heterocycles. The molecule has 3 aromatic rings. The second-order valence-electron chi connectivity index (χ2n) is 4.85. The fourth-order valence-electron chi connectivity index (χ4n) is 2.32. The Labute approximate surface area is 125 Å². The van der Waals surface area contributed by atoms with Crippen molar-refractivity contribution in [2.45, 2.75) is 6.42 Å². The van der Waals surface area contributed by atoms with Crippen molar-refractivity contribution in [1.82, 2.24) is 0 Å². The zero-order valence-corrected chi connectivity index (χ0v) is 12.0. The van der Waals surface area contributed by atoms with Crippen molar-refractivity contribution in [2.75, 3.05) is 7.11 Å². The van der Waals surface area contributed by atoms with Crippen LogP contribution in [0.5, 0.6) is 5.75 Å². The highest BCUT2D eigenvalue weighted by molar-refractivity contribution is 5.88. The van der Waals surface area contributed by atoms with E-state index in [2.05, 4.69) is 66.4 Å². The quantitative estimate of drug-likeness (QED) is 0.627. The van der Waals surface area contributed by atoms with Crippen LogP contribution in [0, 0.1) is 11.8 Å². The van der Waals surface area contributed by atoms with Gasteiger partial charge < -0.3 is 4.74 Å². The number of rotatable bonds is 2. The maximum absolute atomic E-state index is 5.16. The van der Waals surface area contributed by atoms with Crippen molar-refractivity contribution in [2.24, 2.45) is 0 Å². The number of hydrogen-bond donors (Lipinski definition) is 0. The Morgan fingerprint density at radius 2 is 1.62 bits per heavy atom. The van der Waals surface area contributed by atoms with Crippen molar-refractivity contribution in [3.8, 4) is 17.6 Å². The zero-order valence-electron chi connectivity index (χ0n) is 12.0. The molecule has 0 aliphatic rings. The Balaban J connectivity index is 1.82. The summed E-state index contributed by atoms with van der Waals surface area (Å²) >= 11 is 0. The largest absolute Gasteiger partial charge is 0.497 e. The van der Waals surface area contributed by atoms with Crippen LogP contribution in [0.15, 0.2) is 66.7 Å². The van der Waals surface area contributed by atoms with E-state index in [1.54, 1.807) is 7.11 Å². The Morgan fingerprint density at radius 3 is 2.43 bits per heavy atom. The van der Waals surface area contributed by atoms with Gasteiger partial charge >= 0.3 is 0 Å². The van der Waals surface area contributed by atoms with Crippen LogP contribution in [-0.4, -0.2) is 7.11 Å². The van der Waals surface area contributed by atoms with E-state index in [-0.39, 0.29) is 0 Å². The van der Waals surface area contributed by atoms with Crippen molar-refractivity contribution >= 4 is 10.8 Å². The fourth-order valence-corrected chi connectivity index (χ4v) is 2.32. The van der Waals surface area contributed by atoms with Gasteiger partial charge in [0.2, 0.25) is 0 Å². The monoisotopic (exact) mass is 272 g/mol. The third-order valence-corrected chi connectivity index (χ3v) is 3.46. The lowest BCUT2D eigenvalue weighted by Crippen LogP contribution is -1.85. The second-order valence-corrected chi connectivity index (χ2v) is 4.85. The van der Waals surface area contributed by atoms with E-state index in [1.807, 2.05) is 12.1 Å². The third kappa shape index (κ3) is 3.07. The highest BCUT2D eigenvalue weighted by atomic mass is 16.5. The summed E-state index contributed by atoms with van der Waals surface area (Å²) in [6, 6.07) is 22.6. The van der Waals surface area contributed by atoms with E-state index in [0.717, 1.165) is 17.7 Å². The predicted molar refractivity (Wildman–Crippen MR) is 87.5 cm³/mol. The first-order chi connectivity index (χ1) is 10.4. The smallest absolute Gasteiger partial charge is 0.118 e. The van der Waals surface area contributed by atoms with E-state index in [9.17, 15) is 0 Å². The highest BCUT2D eigenvalue weighted by Crippen LogP contribution is 2.17. The molecule has 3 rings (SSSR count). The van der Waals surface area contributed by atoms with Gasteiger partial charge in [0.1, 0.15) is 5.75 Å². The molecule has 0 amide bonds. The summed E-state index contributed by atoms with van der Waals surface area (Å²) < 4.78 is 5.16. The normalized spacial score (nSPS) is 9.95. The number of fused-ring (bicyclic) bond motifs is 1. The van der Waals surface area contributed by atoms with Crippen LogP contribution in [0.1, 0.15) is 11.1 Å². The molecule has 0 aliphatic heterocycles. The molecule has 0 saturated heterocycles. The lowest BCUT2D eigenvalue weighted by molar-refractivity contribution is 0.414. The van der Waals surface area contributed by atoms with Gasteiger partial charge in [0, 0.05) is 12.0 Å². The van der Waals surface area contributed by atoms with E-state index in [0.29, 0.717) is 0 Å². The first kappa shape index (κ1) is 13.3. The Hall–Kier alpha value is -2.72. The molecular weight excluding hydrogens is 256 g/mol. The molecule has 0 unspecified atom stereocenters. The van der Waals surface area contributed by atoms with E-state index in [4.69, 9.17) is 4.74 Å². The van der Waals surface area contributed by atoms with E-state index in [1.165, 1.54) is 16.3 Å². The van der Waals surface area contributed by atoms with Gasteiger partial charge in [0.05, 0.1) is 7.11 Å². The first-order valence-corrected chi connectivity index (χ1v) is 6.96. The lowest BCUT2D eigenvalue weighted by Gasteiger charge is -2.00. The molecule has 0 radical (unpaired) electrons. The third-order valence-electron chi connectivity index (χ3n) is 3.46. The van der Waals surface area contributed by atoms with Gasteiger partial charge in [0.15, 0.2) is 0 Å². The average molecular weight is 272 g/mol. The van der Waals surface area contributed by atoms with Crippen LogP contribution in [0.4, 0.5) is 0 Å². The van der Waals surface area contributed by atoms with Gasteiger partial charge in [-0.25, -0.2) is 0 Å². The number of benzene rings is 3. The minimum Gasteiger partial charge on any atom is -0.497 e. The molecule has 0 bridgehead atoms. The van der Waals surface area contributed by atoms with Crippen LogP contribution in [0.25, 0.3) is 10.8 Å². The molecule has 1 heteroatoms. The van der Waals surface area contributed by atoms with Crippen molar-refractivity contribution in [3.05, 3.63) is 77.9 Å². The topological polar surface area (TPSA) is 9.23 Å². The van der Waals surface area contributed by atoms with Crippen LogP contribution in [0.2, 0.25) is 0 Å². The fraction of sp³-hybridized carbons (Fsp3) is 0.100. The van der Waals surface area contributed by atoms with Crippen LogP contribution in [-0.2, 0) is 6.42 Å². The van der Waals surface area contributed by atoms with Crippen LogP contribution in [0.3, 0.4) is 0 Å². The molecule has 102 valence electrons. The molecular formula is C20H16O. The molecule has 21 heavy (non-hydrogen) atoms. The minimum absolute atomic E-state index is 0.743. The molecule has 3 aromatic carbocycles. The first-order valence-electron chi connectivity index (χ1n) is 6.96. The predicted octanol–water partition coefficient (Wildman–Crippen LogP) is 4.44. The van der Waals surface area contributed by atoms with Gasteiger partial charge in [-0.3, -0.25) is 0 Å². The number of methoxy groups -OCH3 is 1.